The summed E-state index contributed by atoms with van der Waals surface area (Å²) in [6.07, 6.45) is 1.75. The van der Waals surface area contributed by atoms with Crippen LogP contribution in [0.3, 0.4) is 0 Å². The molecule has 0 aliphatic carbocycles. The summed E-state index contributed by atoms with van der Waals surface area (Å²) in [4.78, 5) is 41.3. The van der Waals surface area contributed by atoms with Crippen LogP contribution in [-0.4, -0.2) is 54.8 Å². The number of likely N-dealkylation sites (N-methyl/N-ethyl adjacent to an activating group) is 1. The van der Waals surface area contributed by atoms with Crippen LogP contribution in [0.15, 0.2) is 54.1 Å². The largest absolute Gasteiger partial charge is 0.496 e. The summed E-state index contributed by atoms with van der Waals surface area (Å²) in [6, 6.07) is 14.7. The van der Waals surface area contributed by atoms with E-state index in [1.807, 2.05) is 37.3 Å². The second kappa shape index (κ2) is 9.79. The minimum Gasteiger partial charge on any atom is -0.496 e. The second-order valence-electron chi connectivity index (χ2n) is 7.61. The van der Waals surface area contributed by atoms with E-state index in [9.17, 15) is 14.4 Å². The maximum atomic E-state index is 13.3. The topological polar surface area (TPSA) is 66.9 Å². The molecule has 1 aliphatic heterocycles. The maximum absolute atomic E-state index is 13.3. The number of carbonyl (C=O) groups excluding carboxylic acids is 3. The van der Waals surface area contributed by atoms with Crippen molar-refractivity contribution in [3.63, 3.8) is 0 Å². The average molecular weight is 441 g/mol. The van der Waals surface area contributed by atoms with Crippen molar-refractivity contribution in [1.29, 1.82) is 0 Å². The fraction of sp³-hybridized carbons (Fsp3) is 0.292. The van der Waals surface area contributed by atoms with Gasteiger partial charge in [0.25, 0.3) is 5.91 Å². The molecule has 162 valence electrons. The van der Waals surface area contributed by atoms with E-state index in [-0.39, 0.29) is 37.2 Å². The van der Waals surface area contributed by atoms with Crippen LogP contribution in [0.1, 0.15) is 30.4 Å². The van der Waals surface area contributed by atoms with Crippen LogP contribution in [-0.2, 0) is 14.4 Å². The second-order valence-corrected chi connectivity index (χ2v) is 8.04. The molecule has 0 unspecified atom stereocenters. The van der Waals surface area contributed by atoms with Gasteiger partial charge in [-0.2, -0.15) is 0 Å². The van der Waals surface area contributed by atoms with Crippen molar-refractivity contribution < 1.29 is 19.1 Å². The Hall–Kier alpha value is -3.12. The van der Waals surface area contributed by atoms with E-state index >= 15 is 0 Å². The third-order valence-corrected chi connectivity index (χ3v) is 5.55. The Bertz CT molecular complexity index is 1020. The molecule has 2 aromatic rings. The summed E-state index contributed by atoms with van der Waals surface area (Å²) in [6.45, 7) is 1.74. The molecule has 31 heavy (non-hydrogen) atoms. The first-order valence-corrected chi connectivity index (χ1v) is 10.4. The Morgan fingerprint density at radius 2 is 1.87 bits per heavy atom. The Balaban J connectivity index is 1.91. The van der Waals surface area contributed by atoms with Crippen molar-refractivity contribution in [2.45, 2.75) is 19.3 Å². The van der Waals surface area contributed by atoms with Gasteiger partial charge in [0.2, 0.25) is 11.8 Å². The Kier molecular flexibility index (Phi) is 7.13. The van der Waals surface area contributed by atoms with E-state index in [4.69, 9.17) is 16.3 Å². The van der Waals surface area contributed by atoms with Crippen molar-refractivity contribution in [3.05, 3.63) is 70.3 Å². The van der Waals surface area contributed by atoms with Crippen molar-refractivity contribution in [2.75, 3.05) is 27.2 Å². The zero-order valence-corrected chi connectivity index (χ0v) is 18.6. The molecule has 0 N–H and O–H groups in total. The molecule has 0 aromatic heterocycles. The maximum Gasteiger partial charge on any atom is 0.258 e. The van der Waals surface area contributed by atoms with Gasteiger partial charge in [-0.15, -0.1) is 0 Å². The number of methoxy groups -OCH3 is 1. The predicted octanol–water partition coefficient (Wildman–Crippen LogP) is 3.75. The van der Waals surface area contributed by atoms with Crippen LogP contribution < -0.4 is 4.74 Å². The molecule has 0 saturated carbocycles. The van der Waals surface area contributed by atoms with Gasteiger partial charge >= 0.3 is 0 Å². The fourth-order valence-corrected chi connectivity index (χ4v) is 3.68. The minimum absolute atomic E-state index is 0.0851. The van der Waals surface area contributed by atoms with Crippen LogP contribution in [0.5, 0.6) is 5.75 Å². The lowest BCUT2D eigenvalue weighted by atomic mass is 9.97. The monoisotopic (exact) mass is 440 g/mol. The van der Waals surface area contributed by atoms with Crippen LogP contribution in [0, 0.1) is 0 Å². The number of carbonyl (C=O) groups is 3. The lowest BCUT2D eigenvalue weighted by Crippen LogP contribution is -2.41. The number of amides is 3. The van der Waals surface area contributed by atoms with Crippen molar-refractivity contribution in [1.82, 2.24) is 9.80 Å². The molecular weight excluding hydrogens is 416 g/mol. The van der Waals surface area contributed by atoms with Gasteiger partial charge in [-0.05, 0) is 35.8 Å². The molecule has 0 spiro atoms. The zero-order valence-electron chi connectivity index (χ0n) is 17.8. The quantitative estimate of drug-likeness (QED) is 0.664. The number of rotatable bonds is 5. The van der Waals surface area contributed by atoms with E-state index in [1.165, 1.54) is 12.0 Å². The summed E-state index contributed by atoms with van der Waals surface area (Å²) >= 11 is 6.11. The average Bonchev–Trinajstić information content (AvgIpc) is 2.86. The highest BCUT2D eigenvalue weighted by atomic mass is 35.5. The van der Waals surface area contributed by atoms with E-state index < -0.39 is 5.91 Å². The molecule has 3 amide bonds. The minimum atomic E-state index is -0.481. The number of hydrogen-bond acceptors (Lipinski definition) is 4. The SMILES string of the molecule is COc1ccc(Cl)cc1/C=C1\CN(C)C(=O)CN(C(=O)C[C@H](C)c2ccccc2)C1=O. The van der Waals surface area contributed by atoms with Gasteiger partial charge < -0.3 is 9.64 Å². The highest BCUT2D eigenvalue weighted by Crippen LogP contribution is 2.27. The van der Waals surface area contributed by atoms with Crippen LogP contribution in [0.25, 0.3) is 6.08 Å². The normalized spacial score (nSPS) is 17.0. The van der Waals surface area contributed by atoms with Gasteiger partial charge in [0.1, 0.15) is 12.3 Å². The number of ether oxygens (including phenoxy) is 1. The standard InChI is InChI=1S/C24H25ClN2O4/c1-16(17-7-5-4-6-8-17)11-22(28)27-15-23(29)26(2)14-19(24(27)30)12-18-13-20(25)9-10-21(18)31-3/h4-10,12-13,16H,11,14-15H2,1-3H3/b19-12+/t16-/m0/s1. The smallest absolute Gasteiger partial charge is 0.258 e. The molecule has 0 radical (unpaired) electrons. The van der Waals surface area contributed by atoms with Gasteiger partial charge in [-0.25, -0.2) is 0 Å². The Morgan fingerprint density at radius 3 is 2.55 bits per heavy atom. The Morgan fingerprint density at radius 1 is 1.16 bits per heavy atom. The molecule has 6 nitrogen and oxygen atoms in total. The molecule has 1 saturated heterocycles. The highest BCUT2D eigenvalue weighted by Gasteiger charge is 2.33. The van der Waals surface area contributed by atoms with Crippen LogP contribution >= 0.6 is 11.6 Å². The van der Waals surface area contributed by atoms with Crippen LogP contribution in [0.4, 0.5) is 0 Å². The van der Waals surface area contributed by atoms with Gasteiger partial charge in [-0.1, -0.05) is 48.9 Å². The van der Waals surface area contributed by atoms with E-state index in [1.54, 1.807) is 31.3 Å². The summed E-state index contributed by atoms with van der Waals surface area (Å²) in [5.41, 5.74) is 1.92. The van der Waals surface area contributed by atoms with Crippen LogP contribution in [0.2, 0.25) is 5.02 Å². The number of imide groups is 1. The van der Waals surface area contributed by atoms with Gasteiger partial charge in [0.15, 0.2) is 0 Å². The number of halogens is 1. The molecule has 1 fully saturated rings. The molecule has 0 bridgehead atoms. The molecule has 1 heterocycles. The first kappa shape index (κ1) is 22.6. The third kappa shape index (κ3) is 5.33. The first-order valence-electron chi connectivity index (χ1n) is 9.98. The molecular formula is C24H25ClN2O4. The number of nitrogens with zero attached hydrogens (tertiary/aromatic N) is 2. The van der Waals surface area contributed by atoms with Gasteiger partial charge in [-0.3, -0.25) is 19.3 Å². The van der Waals surface area contributed by atoms with Gasteiger partial charge in [0.05, 0.1) is 13.7 Å². The molecule has 3 rings (SSSR count). The summed E-state index contributed by atoms with van der Waals surface area (Å²) < 4.78 is 5.36. The molecule has 7 heteroatoms. The fourth-order valence-electron chi connectivity index (χ4n) is 3.50. The lowest BCUT2D eigenvalue weighted by molar-refractivity contribution is -0.146. The van der Waals surface area contributed by atoms with E-state index in [0.29, 0.717) is 21.9 Å². The predicted molar refractivity (Wildman–Crippen MR) is 120 cm³/mol. The van der Waals surface area contributed by atoms with Crippen molar-refractivity contribution >= 4 is 35.4 Å². The highest BCUT2D eigenvalue weighted by molar-refractivity contribution is 6.30. The zero-order chi connectivity index (χ0) is 22.5. The molecule has 1 aliphatic rings. The van der Waals surface area contributed by atoms with E-state index in [2.05, 4.69) is 0 Å². The van der Waals surface area contributed by atoms with Crippen molar-refractivity contribution in [2.24, 2.45) is 0 Å². The Labute approximate surface area is 187 Å². The van der Waals surface area contributed by atoms with Crippen molar-refractivity contribution in [3.8, 4) is 5.75 Å². The third-order valence-electron chi connectivity index (χ3n) is 5.32. The van der Waals surface area contributed by atoms with E-state index in [0.717, 1.165) is 10.5 Å². The number of hydrogen-bond donors (Lipinski definition) is 0. The summed E-state index contributed by atoms with van der Waals surface area (Å²) in [5.74, 6) is -0.703. The van der Waals surface area contributed by atoms with Gasteiger partial charge in [0, 0.05) is 29.6 Å². The lowest BCUT2D eigenvalue weighted by Gasteiger charge is -2.20. The number of benzene rings is 2. The molecule has 1 atom stereocenters. The summed E-state index contributed by atoms with van der Waals surface area (Å²) in [7, 11) is 3.13. The first-order chi connectivity index (χ1) is 14.8. The molecule has 2 aromatic carbocycles. The summed E-state index contributed by atoms with van der Waals surface area (Å²) in [5, 5.41) is 0.489.